The van der Waals surface area contributed by atoms with Crippen LogP contribution in [0.5, 0.6) is 0 Å². The van der Waals surface area contributed by atoms with Crippen molar-refractivity contribution in [2.24, 2.45) is 5.92 Å². The van der Waals surface area contributed by atoms with Crippen LogP contribution in [-0.2, 0) is 24.3 Å². The van der Waals surface area contributed by atoms with Crippen molar-refractivity contribution in [3.05, 3.63) is 11.6 Å². The molecule has 0 aromatic carbocycles. The molecule has 0 radical (unpaired) electrons. The van der Waals surface area contributed by atoms with E-state index in [0.717, 1.165) is 37.5 Å². The quantitative estimate of drug-likeness (QED) is 0.870. The van der Waals surface area contributed by atoms with Crippen LogP contribution in [0.15, 0.2) is 0 Å². The molecule has 1 aliphatic carbocycles. The third-order valence-electron chi connectivity index (χ3n) is 4.83. The highest BCUT2D eigenvalue weighted by molar-refractivity contribution is 5.78. The van der Waals surface area contributed by atoms with Crippen molar-refractivity contribution in [1.29, 1.82) is 0 Å². The van der Waals surface area contributed by atoms with Crippen LogP contribution < -0.4 is 5.32 Å². The van der Waals surface area contributed by atoms with Gasteiger partial charge in [-0.3, -0.25) is 4.79 Å². The summed E-state index contributed by atoms with van der Waals surface area (Å²) >= 11 is 0. The average Bonchev–Trinajstić information content (AvgIpc) is 2.72. The normalized spacial score (nSPS) is 20.4. The lowest BCUT2D eigenvalue weighted by molar-refractivity contribution is -0.125. The summed E-state index contributed by atoms with van der Waals surface area (Å²) in [5, 5.41) is 11.6. The Hall–Kier alpha value is -1.39. The Labute approximate surface area is 126 Å². The summed E-state index contributed by atoms with van der Waals surface area (Å²) in [7, 11) is 0. The van der Waals surface area contributed by atoms with Gasteiger partial charge < -0.3 is 9.88 Å². The summed E-state index contributed by atoms with van der Waals surface area (Å²) in [5.74, 6) is 2.43. The van der Waals surface area contributed by atoms with Gasteiger partial charge in [-0.15, -0.1) is 10.2 Å². The minimum Gasteiger partial charge on any atom is -0.349 e. The number of carbonyl (C=O) groups is 1. The Bertz CT molecular complexity index is 475. The monoisotopic (exact) mass is 290 g/mol. The number of amides is 1. The lowest BCUT2D eigenvalue weighted by Crippen LogP contribution is -2.31. The summed E-state index contributed by atoms with van der Waals surface area (Å²) in [4.78, 5) is 12.3. The molecular formula is C16H26N4O. The maximum absolute atomic E-state index is 12.3. The SMILES string of the molecule is O=C(NCc1nnc2n1CCCCC2)C1CCCCCC1. The fourth-order valence-electron chi connectivity index (χ4n) is 3.53. The van der Waals surface area contributed by atoms with Crippen LogP contribution in [0.3, 0.4) is 0 Å². The Kier molecular flexibility index (Phi) is 4.88. The predicted octanol–water partition coefficient (Wildman–Crippen LogP) is 2.59. The van der Waals surface area contributed by atoms with Gasteiger partial charge in [0.1, 0.15) is 5.82 Å². The fourth-order valence-corrected chi connectivity index (χ4v) is 3.53. The molecule has 21 heavy (non-hydrogen) atoms. The minimum atomic E-state index is 0.207. The third kappa shape index (κ3) is 3.63. The summed E-state index contributed by atoms with van der Waals surface area (Å²) < 4.78 is 2.21. The predicted molar refractivity (Wildman–Crippen MR) is 80.6 cm³/mol. The van der Waals surface area contributed by atoms with E-state index < -0.39 is 0 Å². The van der Waals surface area contributed by atoms with Gasteiger partial charge in [0, 0.05) is 18.9 Å². The molecule has 1 aromatic heterocycles. The van der Waals surface area contributed by atoms with Crippen molar-refractivity contribution in [3.8, 4) is 0 Å². The zero-order chi connectivity index (χ0) is 14.5. The smallest absolute Gasteiger partial charge is 0.223 e. The van der Waals surface area contributed by atoms with Crippen molar-refractivity contribution in [2.75, 3.05) is 0 Å². The van der Waals surface area contributed by atoms with Gasteiger partial charge in [-0.25, -0.2) is 0 Å². The lowest BCUT2D eigenvalue weighted by atomic mass is 9.99. The maximum atomic E-state index is 12.3. The van der Waals surface area contributed by atoms with Crippen molar-refractivity contribution in [2.45, 2.75) is 77.3 Å². The number of hydrogen-bond acceptors (Lipinski definition) is 3. The van der Waals surface area contributed by atoms with Gasteiger partial charge in [-0.05, 0) is 25.7 Å². The first kappa shape index (κ1) is 14.5. The summed E-state index contributed by atoms with van der Waals surface area (Å²) in [6, 6.07) is 0. The second kappa shape index (κ2) is 7.05. The van der Waals surface area contributed by atoms with Gasteiger partial charge in [0.05, 0.1) is 6.54 Å². The first-order valence-electron chi connectivity index (χ1n) is 8.53. The Balaban J connectivity index is 1.57. The highest BCUT2D eigenvalue weighted by atomic mass is 16.1. The molecular weight excluding hydrogens is 264 g/mol. The van der Waals surface area contributed by atoms with Gasteiger partial charge >= 0.3 is 0 Å². The molecule has 0 saturated heterocycles. The topological polar surface area (TPSA) is 59.8 Å². The minimum absolute atomic E-state index is 0.207. The zero-order valence-corrected chi connectivity index (χ0v) is 12.8. The van der Waals surface area contributed by atoms with E-state index in [1.807, 2.05) is 0 Å². The molecule has 0 atom stereocenters. The molecule has 5 nitrogen and oxygen atoms in total. The van der Waals surface area contributed by atoms with Crippen molar-refractivity contribution in [3.63, 3.8) is 0 Å². The average molecular weight is 290 g/mol. The largest absolute Gasteiger partial charge is 0.349 e. The van der Waals surface area contributed by atoms with Gasteiger partial charge in [0.25, 0.3) is 0 Å². The Morgan fingerprint density at radius 2 is 1.81 bits per heavy atom. The van der Waals surface area contributed by atoms with Gasteiger partial charge in [0.15, 0.2) is 5.82 Å². The van der Waals surface area contributed by atoms with Crippen LogP contribution in [0, 0.1) is 5.92 Å². The number of rotatable bonds is 3. The van der Waals surface area contributed by atoms with Crippen LogP contribution in [0.2, 0.25) is 0 Å². The molecule has 0 spiro atoms. The molecule has 2 heterocycles. The second-order valence-electron chi connectivity index (χ2n) is 6.40. The number of nitrogens with one attached hydrogen (secondary N) is 1. The first-order chi connectivity index (χ1) is 10.3. The van der Waals surface area contributed by atoms with Gasteiger partial charge in [-0.2, -0.15) is 0 Å². The van der Waals surface area contributed by atoms with E-state index in [2.05, 4.69) is 20.1 Å². The van der Waals surface area contributed by atoms with Crippen molar-refractivity contribution < 1.29 is 4.79 Å². The van der Waals surface area contributed by atoms with Crippen LogP contribution in [0.25, 0.3) is 0 Å². The molecule has 1 amide bonds. The lowest BCUT2D eigenvalue weighted by Gasteiger charge is -2.14. The highest BCUT2D eigenvalue weighted by Crippen LogP contribution is 2.23. The maximum Gasteiger partial charge on any atom is 0.223 e. The van der Waals surface area contributed by atoms with E-state index in [9.17, 15) is 4.79 Å². The molecule has 1 aromatic rings. The summed E-state index contributed by atoms with van der Waals surface area (Å²) in [6.07, 6.45) is 11.7. The molecule has 0 unspecified atom stereocenters. The van der Waals surface area contributed by atoms with Crippen molar-refractivity contribution >= 4 is 5.91 Å². The number of aryl methyl sites for hydroxylation is 1. The Morgan fingerprint density at radius 1 is 1.05 bits per heavy atom. The molecule has 0 bridgehead atoms. The molecule has 2 aliphatic rings. The van der Waals surface area contributed by atoms with E-state index in [-0.39, 0.29) is 11.8 Å². The molecule has 116 valence electrons. The fraction of sp³-hybridized carbons (Fsp3) is 0.812. The zero-order valence-electron chi connectivity index (χ0n) is 12.8. The van der Waals surface area contributed by atoms with Gasteiger partial charge in [0.2, 0.25) is 5.91 Å². The van der Waals surface area contributed by atoms with E-state index in [4.69, 9.17) is 0 Å². The van der Waals surface area contributed by atoms with Crippen LogP contribution in [-0.4, -0.2) is 20.7 Å². The summed E-state index contributed by atoms with van der Waals surface area (Å²) in [5.41, 5.74) is 0. The van der Waals surface area contributed by atoms with Crippen LogP contribution >= 0.6 is 0 Å². The van der Waals surface area contributed by atoms with Crippen molar-refractivity contribution in [1.82, 2.24) is 20.1 Å². The van der Waals surface area contributed by atoms with E-state index in [1.54, 1.807) is 0 Å². The Morgan fingerprint density at radius 3 is 2.62 bits per heavy atom. The molecule has 1 aliphatic heterocycles. The standard InChI is InChI=1S/C16H26N4O/c21-16(13-8-4-1-2-5-9-13)17-12-15-19-18-14-10-6-3-7-11-20(14)15/h13H,1-12H2,(H,17,21). The number of nitrogens with zero attached hydrogens (tertiary/aromatic N) is 3. The van der Waals surface area contributed by atoms with Crippen LogP contribution in [0.4, 0.5) is 0 Å². The molecule has 1 fully saturated rings. The van der Waals surface area contributed by atoms with Crippen LogP contribution in [0.1, 0.15) is 69.4 Å². The van der Waals surface area contributed by atoms with E-state index >= 15 is 0 Å². The number of aromatic nitrogens is 3. The van der Waals surface area contributed by atoms with Gasteiger partial charge in [-0.1, -0.05) is 32.1 Å². The second-order valence-corrected chi connectivity index (χ2v) is 6.40. The summed E-state index contributed by atoms with van der Waals surface area (Å²) in [6.45, 7) is 1.53. The number of carbonyl (C=O) groups excluding carboxylic acids is 1. The number of fused-ring (bicyclic) bond motifs is 1. The van der Waals surface area contributed by atoms with E-state index in [1.165, 1.54) is 44.9 Å². The molecule has 3 rings (SSSR count). The highest BCUT2D eigenvalue weighted by Gasteiger charge is 2.21. The third-order valence-corrected chi connectivity index (χ3v) is 4.83. The molecule has 1 N–H and O–H groups in total. The molecule has 1 saturated carbocycles. The first-order valence-corrected chi connectivity index (χ1v) is 8.53. The number of hydrogen-bond donors (Lipinski definition) is 1. The molecule has 5 heteroatoms. The van der Waals surface area contributed by atoms with E-state index in [0.29, 0.717) is 6.54 Å².